The Hall–Kier alpha value is -3.53. The molecule has 0 amide bonds. The third-order valence-corrected chi connectivity index (χ3v) is 6.82. The van der Waals surface area contributed by atoms with Gasteiger partial charge in [-0.3, -0.25) is 0 Å². The van der Waals surface area contributed by atoms with E-state index in [1.807, 2.05) is 70.9 Å². The Balaban J connectivity index is 1.41. The first-order chi connectivity index (χ1) is 15.7. The number of thiazole rings is 1. The maximum absolute atomic E-state index is 13.6. The van der Waals surface area contributed by atoms with Gasteiger partial charge >= 0.3 is 0 Å². The summed E-state index contributed by atoms with van der Waals surface area (Å²) in [4.78, 5) is 6.65. The highest BCUT2D eigenvalue weighted by Crippen LogP contribution is 2.45. The molecule has 158 valence electrons. The number of nitriles is 1. The van der Waals surface area contributed by atoms with Crippen LogP contribution in [0.2, 0.25) is 0 Å². The number of rotatable bonds is 5. The lowest BCUT2D eigenvalue weighted by molar-refractivity contribution is 0.187. The summed E-state index contributed by atoms with van der Waals surface area (Å²) in [5, 5.41) is 22.8. The van der Waals surface area contributed by atoms with Gasteiger partial charge in [0, 0.05) is 16.9 Å². The molecule has 3 aromatic carbocycles. The molecule has 1 aromatic heterocycles. The van der Waals surface area contributed by atoms with E-state index in [9.17, 15) is 14.8 Å². The number of aliphatic hydroxyl groups excluding tert-OH is 1. The molecule has 1 N–H and O–H groups in total. The fraction of sp³-hybridized carbons (Fsp3) is 0.154. The van der Waals surface area contributed by atoms with Gasteiger partial charge in [0.25, 0.3) is 0 Å². The molecule has 0 spiro atoms. The van der Waals surface area contributed by atoms with Gasteiger partial charge in [0.05, 0.1) is 24.4 Å². The van der Waals surface area contributed by atoms with Crippen molar-refractivity contribution in [1.29, 1.82) is 5.26 Å². The van der Waals surface area contributed by atoms with Crippen molar-refractivity contribution in [2.75, 3.05) is 11.5 Å². The molecule has 1 aliphatic rings. The second kappa shape index (κ2) is 8.54. The topological polar surface area (TPSA) is 60.1 Å². The highest BCUT2D eigenvalue weighted by molar-refractivity contribution is 7.14. The molecule has 6 heteroatoms. The maximum atomic E-state index is 13.6. The van der Waals surface area contributed by atoms with Crippen molar-refractivity contribution >= 4 is 16.5 Å². The Bertz CT molecular complexity index is 1270. The molecule has 1 fully saturated rings. The fourth-order valence-corrected chi connectivity index (χ4v) is 5.29. The summed E-state index contributed by atoms with van der Waals surface area (Å²) >= 11 is 1.48. The van der Waals surface area contributed by atoms with E-state index in [-0.39, 0.29) is 24.4 Å². The van der Waals surface area contributed by atoms with Crippen molar-refractivity contribution in [1.82, 2.24) is 4.98 Å². The number of hydrogen-bond acceptors (Lipinski definition) is 5. The predicted molar refractivity (Wildman–Crippen MR) is 125 cm³/mol. The quantitative estimate of drug-likeness (QED) is 0.446. The molecular weight excluding hydrogens is 421 g/mol. The standard InChI is InChI=1S/C26H20FN3OS/c27-21-8-4-7-20(13-21)17-9-11-19(12-10-17)25-23(14-28)30(24(25)15-31)26-29-22(16-32-26)18-5-2-1-3-6-18/h1-13,16,23-25,31H,15H2/t23-,24+,25-/m0/s1. The van der Waals surface area contributed by atoms with Crippen molar-refractivity contribution in [3.8, 4) is 28.5 Å². The van der Waals surface area contributed by atoms with Gasteiger partial charge in [0.2, 0.25) is 0 Å². The molecular formula is C26H20FN3OS. The average molecular weight is 442 g/mol. The van der Waals surface area contributed by atoms with E-state index in [2.05, 4.69) is 6.07 Å². The first kappa shape index (κ1) is 20.4. The van der Waals surface area contributed by atoms with Gasteiger partial charge < -0.3 is 10.0 Å². The van der Waals surface area contributed by atoms with E-state index < -0.39 is 6.04 Å². The van der Waals surface area contributed by atoms with E-state index >= 15 is 0 Å². The van der Waals surface area contributed by atoms with Crippen molar-refractivity contribution in [2.24, 2.45) is 0 Å². The van der Waals surface area contributed by atoms with Crippen LogP contribution in [-0.2, 0) is 0 Å². The van der Waals surface area contributed by atoms with Crippen molar-refractivity contribution in [3.63, 3.8) is 0 Å². The molecule has 5 rings (SSSR count). The van der Waals surface area contributed by atoms with E-state index in [1.54, 1.807) is 6.07 Å². The normalized spacial score (nSPS) is 19.9. The van der Waals surface area contributed by atoms with Crippen molar-refractivity contribution < 1.29 is 9.50 Å². The van der Waals surface area contributed by atoms with E-state index in [4.69, 9.17) is 4.98 Å². The van der Waals surface area contributed by atoms with Gasteiger partial charge in [0.1, 0.15) is 11.9 Å². The lowest BCUT2D eigenvalue weighted by Crippen LogP contribution is -2.63. The van der Waals surface area contributed by atoms with Crippen LogP contribution in [0.15, 0.2) is 84.2 Å². The summed E-state index contributed by atoms with van der Waals surface area (Å²) < 4.78 is 13.6. The maximum Gasteiger partial charge on any atom is 0.187 e. The second-order valence-corrected chi connectivity index (χ2v) is 8.61. The zero-order valence-corrected chi connectivity index (χ0v) is 17.9. The van der Waals surface area contributed by atoms with Crippen LogP contribution < -0.4 is 4.90 Å². The van der Waals surface area contributed by atoms with Crippen LogP contribution >= 0.6 is 11.3 Å². The number of nitrogens with zero attached hydrogens (tertiary/aromatic N) is 3. The van der Waals surface area contributed by atoms with Gasteiger partial charge in [-0.2, -0.15) is 5.26 Å². The molecule has 0 saturated carbocycles. The van der Waals surface area contributed by atoms with Crippen molar-refractivity contribution in [2.45, 2.75) is 18.0 Å². The molecule has 0 bridgehead atoms. The van der Waals surface area contributed by atoms with E-state index in [0.717, 1.165) is 33.1 Å². The van der Waals surface area contributed by atoms with Gasteiger partial charge in [-0.25, -0.2) is 9.37 Å². The van der Waals surface area contributed by atoms with Crippen LogP contribution in [0.1, 0.15) is 11.5 Å². The number of aromatic nitrogens is 1. The van der Waals surface area contributed by atoms with E-state index in [0.29, 0.717) is 0 Å². The van der Waals surface area contributed by atoms with Gasteiger partial charge in [-0.15, -0.1) is 11.3 Å². The molecule has 3 atom stereocenters. The number of aliphatic hydroxyl groups is 1. The van der Waals surface area contributed by atoms with Crippen LogP contribution in [0.25, 0.3) is 22.4 Å². The Morgan fingerprint density at radius 1 is 0.969 bits per heavy atom. The minimum Gasteiger partial charge on any atom is -0.394 e. The summed E-state index contributed by atoms with van der Waals surface area (Å²) in [5.41, 5.74) is 4.58. The van der Waals surface area contributed by atoms with Crippen LogP contribution in [0.4, 0.5) is 9.52 Å². The van der Waals surface area contributed by atoms with E-state index in [1.165, 1.54) is 23.5 Å². The number of hydrogen-bond donors (Lipinski definition) is 1. The smallest absolute Gasteiger partial charge is 0.187 e. The Kier molecular flexibility index (Phi) is 5.44. The van der Waals surface area contributed by atoms with Crippen LogP contribution in [0.3, 0.4) is 0 Å². The largest absolute Gasteiger partial charge is 0.394 e. The molecule has 4 nitrogen and oxygen atoms in total. The minimum atomic E-state index is -0.415. The number of halogens is 1. The summed E-state index contributed by atoms with van der Waals surface area (Å²) in [6, 6.07) is 25.9. The summed E-state index contributed by atoms with van der Waals surface area (Å²) in [7, 11) is 0. The highest BCUT2D eigenvalue weighted by Gasteiger charge is 2.50. The predicted octanol–water partition coefficient (Wildman–Crippen LogP) is 5.47. The SMILES string of the molecule is N#C[C@H]1[C@H](c2ccc(-c3cccc(F)c3)cc2)[C@@H](CO)N1c1nc(-c2ccccc2)cs1. The Labute approximate surface area is 189 Å². The third kappa shape index (κ3) is 3.56. The minimum absolute atomic E-state index is 0.0747. The Morgan fingerprint density at radius 2 is 1.72 bits per heavy atom. The van der Waals surface area contributed by atoms with Crippen LogP contribution in [-0.4, -0.2) is 28.8 Å². The zero-order valence-electron chi connectivity index (χ0n) is 17.1. The average Bonchev–Trinajstić information content (AvgIpc) is 3.29. The first-order valence-electron chi connectivity index (χ1n) is 10.4. The zero-order chi connectivity index (χ0) is 22.1. The second-order valence-electron chi connectivity index (χ2n) is 7.77. The van der Waals surface area contributed by atoms with Gasteiger partial charge in [0.15, 0.2) is 5.13 Å². The number of benzene rings is 3. The number of anilines is 1. The lowest BCUT2D eigenvalue weighted by Gasteiger charge is -2.51. The monoisotopic (exact) mass is 441 g/mol. The lowest BCUT2D eigenvalue weighted by atomic mass is 9.76. The molecule has 0 radical (unpaired) electrons. The van der Waals surface area contributed by atoms with Gasteiger partial charge in [-0.05, 0) is 28.8 Å². The molecule has 32 heavy (non-hydrogen) atoms. The molecule has 0 unspecified atom stereocenters. The summed E-state index contributed by atoms with van der Waals surface area (Å²) in [6.07, 6.45) is 0. The van der Waals surface area contributed by atoms with Crippen LogP contribution in [0.5, 0.6) is 0 Å². The van der Waals surface area contributed by atoms with Crippen LogP contribution in [0, 0.1) is 17.1 Å². The highest BCUT2D eigenvalue weighted by atomic mass is 32.1. The summed E-state index contributed by atoms with van der Waals surface area (Å²) in [6.45, 7) is -0.0747. The van der Waals surface area contributed by atoms with Crippen molar-refractivity contribution in [3.05, 3.63) is 95.6 Å². The Morgan fingerprint density at radius 3 is 2.41 bits per heavy atom. The molecule has 1 aliphatic heterocycles. The van der Waals surface area contributed by atoms with Gasteiger partial charge in [-0.1, -0.05) is 66.7 Å². The fourth-order valence-electron chi connectivity index (χ4n) is 4.36. The molecule has 1 saturated heterocycles. The molecule has 4 aromatic rings. The summed E-state index contributed by atoms with van der Waals surface area (Å²) in [5.74, 6) is -0.403. The third-order valence-electron chi connectivity index (χ3n) is 5.97. The molecule has 2 heterocycles. The first-order valence-corrected chi connectivity index (χ1v) is 11.2. The molecule has 0 aliphatic carbocycles.